The first-order valence-corrected chi connectivity index (χ1v) is 13.6. The Morgan fingerprint density at radius 2 is 1.69 bits per heavy atom. The van der Waals surface area contributed by atoms with E-state index in [0.717, 1.165) is 28.1 Å². The number of hydrogen-bond acceptors (Lipinski definition) is 5. The van der Waals surface area contributed by atoms with Gasteiger partial charge in [-0.3, -0.25) is 10.1 Å². The summed E-state index contributed by atoms with van der Waals surface area (Å²) in [6.45, 7) is 6.53. The quantitative estimate of drug-likeness (QED) is 0.188. The molecule has 7 nitrogen and oxygen atoms in total. The lowest BCUT2D eigenvalue weighted by molar-refractivity contribution is -0.384. The highest BCUT2D eigenvalue weighted by Crippen LogP contribution is 2.28. The highest BCUT2D eigenvalue weighted by molar-refractivity contribution is 6.83. The highest BCUT2D eigenvalue weighted by Gasteiger charge is 2.16. The molecular formula is C24H22N4O3Si. The lowest BCUT2D eigenvalue weighted by atomic mass is 10.1. The summed E-state index contributed by atoms with van der Waals surface area (Å²) >= 11 is 0. The van der Waals surface area contributed by atoms with Crippen LogP contribution in [0, 0.1) is 21.6 Å². The summed E-state index contributed by atoms with van der Waals surface area (Å²) in [5, 5.41) is 15.8. The second kappa shape index (κ2) is 8.28. The van der Waals surface area contributed by atoms with Gasteiger partial charge in [-0.25, -0.2) is 9.50 Å². The minimum absolute atomic E-state index is 0.0402. The Labute approximate surface area is 186 Å². The molecule has 8 heteroatoms. The number of rotatable bonds is 4. The lowest BCUT2D eigenvalue weighted by Gasteiger charge is -2.08. The number of ether oxygens (including phenoxy) is 1. The van der Waals surface area contributed by atoms with E-state index in [2.05, 4.69) is 36.1 Å². The van der Waals surface area contributed by atoms with Crippen molar-refractivity contribution >= 4 is 19.4 Å². The fourth-order valence-corrected chi connectivity index (χ4v) is 3.67. The van der Waals surface area contributed by atoms with Gasteiger partial charge in [0, 0.05) is 35.5 Å². The van der Waals surface area contributed by atoms with Crippen molar-refractivity contribution in [2.24, 2.45) is 0 Å². The monoisotopic (exact) mass is 442 g/mol. The summed E-state index contributed by atoms with van der Waals surface area (Å²) < 4.78 is 6.99. The zero-order valence-electron chi connectivity index (χ0n) is 18.3. The average molecular weight is 443 g/mol. The molecule has 0 fully saturated rings. The van der Waals surface area contributed by atoms with Gasteiger partial charge in [-0.1, -0.05) is 25.6 Å². The van der Waals surface area contributed by atoms with Gasteiger partial charge in [-0.05, 0) is 42.0 Å². The molecule has 2 aromatic heterocycles. The van der Waals surface area contributed by atoms with Crippen molar-refractivity contribution in [1.29, 1.82) is 0 Å². The predicted octanol–water partition coefficient (Wildman–Crippen LogP) is 5.21. The molecule has 0 saturated carbocycles. The predicted molar refractivity (Wildman–Crippen MR) is 127 cm³/mol. The minimum Gasteiger partial charge on any atom is -0.497 e. The molecule has 0 radical (unpaired) electrons. The van der Waals surface area contributed by atoms with Crippen LogP contribution in [0.25, 0.3) is 28.0 Å². The Bertz CT molecular complexity index is 1360. The Morgan fingerprint density at radius 1 is 1.03 bits per heavy atom. The van der Waals surface area contributed by atoms with Gasteiger partial charge in [0.25, 0.3) is 5.69 Å². The zero-order chi connectivity index (χ0) is 22.9. The van der Waals surface area contributed by atoms with Crippen molar-refractivity contribution in [3.63, 3.8) is 0 Å². The molecule has 2 heterocycles. The maximum atomic E-state index is 11.0. The van der Waals surface area contributed by atoms with Crippen molar-refractivity contribution in [2.45, 2.75) is 19.6 Å². The van der Waals surface area contributed by atoms with Gasteiger partial charge < -0.3 is 4.74 Å². The standard InChI is InChI=1S/C24H22N4O3Si/c1-31-20-11-7-18(8-12-20)22-15-24-25-16-21(17-5-9-19(10-6-17)28(29)30)23(27(24)26-22)13-14-32(2,3)4/h5-12,15-16H,1-4H3. The Kier molecular flexibility index (Phi) is 5.51. The molecule has 0 unspecified atom stereocenters. The van der Waals surface area contributed by atoms with Crippen LogP contribution in [0.3, 0.4) is 0 Å². The molecule has 4 rings (SSSR count). The molecule has 0 aliphatic carbocycles. The van der Waals surface area contributed by atoms with E-state index in [0.29, 0.717) is 11.3 Å². The molecule has 0 spiro atoms. The summed E-state index contributed by atoms with van der Waals surface area (Å²) in [5.74, 6) is 4.11. The number of hydrogen-bond donors (Lipinski definition) is 0. The number of fused-ring (bicyclic) bond motifs is 1. The van der Waals surface area contributed by atoms with Crippen LogP contribution < -0.4 is 4.74 Å². The molecule has 0 saturated heterocycles. The van der Waals surface area contributed by atoms with Crippen LogP contribution in [-0.4, -0.2) is 34.7 Å². The van der Waals surface area contributed by atoms with Gasteiger partial charge in [0.1, 0.15) is 19.5 Å². The first-order valence-electron chi connectivity index (χ1n) is 10.1. The summed E-state index contributed by atoms with van der Waals surface area (Å²) in [7, 11) is -0.0366. The highest BCUT2D eigenvalue weighted by atomic mass is 28.3. The average Bonchev–Trinajstić information content (AvgIpc) is 3.21. The first kappa shape index (κ1) is 21.3. The Morgan fingerprint density at radius 3 is 2.28 bits per heavy atom. The summed E-state index contributed by atoms with van der Waals surface area (Å²) in [4.78, 5) is 15.2. The normalized spacial score (nSPS) is 11.1. The molecule has 2 aromatic carbocycles. The van der Waals surface area contributed by atoms with E-state index in [1.54, 1.807) is 30.0 Å². The van der Waals surface area contributed by atoms with Gasteiger partial charge in [-0.2, -0.15) is 5.10 Å². The van der Waals surface area contributed by atoms with Gasteiger partial charge in [0.15, 0.2) is 5.65 Å². The molecule has 0 amide bonds. The SMILES string of the molecule is COc1ccc(-c2cc3ncc(-c4ccc([N+](=O)[O-])cc4)c(C#C[Si](C)(C)C)n3n2)cc1. The van der Waals surface area contributed by atoms with Crippen molar-refractivity contribution < 1.29 is 9.66 Å². The van der Waals surface area contributed by atoms with E-state index in [1.165, 1.54) is 12.1 Å². The van der Waals surface area contributed by atoms with Crippen molar-refractivity contribution in [1.82, 2.24) is 14.6 Å². The van der Waals surface area contributed by atoms with Crippen molar-refractivity contribution in [3.8, 4) is 39.6 Å². The Balaban J connectivity index is 1.89. The molecule has 0 aliphatic heterocycles. The molecule has 0 aliphatic rings. The van der Waals surface area contributed by atoms with E-state index in [1.807, 2.05) is 30.3 Å². The fraction of sp³-hybridized carbons (Fsp3) is 0.167. The second-order valence-electron chi connectivity index (χ2n) is 8.35. The number of nitro groups is 1. The molecular weight excluding hydrogens is 420 g/mol. The van der Waals surface area contributed by atoms with E-state index in [9.17, 15) is 10.1 Å². The molecule has 160 valence electrons. The van der Waals surface area contributed by atoms with E-state index >= 15 is 0 Å². The molecule has 0 N–H and O–H groups in total. The van der Waals surface area contributed by atoms with Crippen LogP contribution in [0.2, 0.25) is 19.6 Å². The maximum Gasteiger partial charge on any atom is 0.269 e. The van der Waals surface area contributed by atoms with E-state index in [-0.39, 0.29) is 5.69 Å². The number of aromatic nitrogens is 3. The third-order valence-electron chi connectivity index (χ3n) is 4.81. The summed E-state index contributed by atoms with van der Waals surface area (Å²) in [6, 6.07) is 16.0. The first-order chi connectivity index (χ1) is 15.2. The third kappa shape index (κ3) is 4.38. The van der Waals surface area contributed by atoms with Crippen LogP contribution in [-0.2, 0) is 0 Å². The van der Waals surface area contributed by atoms with Crippen LogP contribution in [0.15, 0.2) is 60.8 Å². The maximum absolute atomic E-state index is 11.0. The number of methoxy groups -OCH3 is 1. The zero-order valence-corrected chi connectivity index (χ0v) is 19.3. The van der Waals surface area contributed by atoms with Crippen molar-refractivity contribution in [3.05, 3.63) is 76.6 Å². The van der Waals surface area contributed by atoms with Gasteiger partial charge >= 0.3 is 0 Å². The topological polar surface area (TPSA) is 82.6 Å². The Hall–Kier alpha value is -3.96. The lowest BCUT2D eigenvalue weighted by Crippen LogP contribution is -2.16. The summed E-state index contributed by atoms with van der Waals surface area (Å²) in [6.07, 6.45) is 1.75. The number of benzene rings is 2. The van der Waals surface area contributed by atoms with Gasteiger partial charge in [0.05, 0.1) is 17.7 Å². The smallest absolute Gasteiger partial charge is 0.269 e. The fourth-order valence-electron chi connectivity index (χ4n) is 3.18. The van der Waals surface area contributed by atoms with E-state index < -0.39 is 13.0 Å². The minimum atomic E-state index is -1.67. The molecule has 32 heavy (non-hydrogen) atoms. The van der Waals surface area contributed by atoms with Crippen molar-refractivity contribution in [2.75, 3.05) is 7.11 Å². The van der Waals surface area contributed by atoms with Gasteiger partial charge in [0.2, 0.25) is 0 Å². The van der Waals surface area contributed by atoms with Crippen LogP contribution in [0.4, 0.5) is 5.69 Å². The molecule has 4 aromatic rings. The second-order valence-corrected chi connectivity index (χ2v) is 13.1. The molecule has 0 atom stereocenters. The number of nitrogens with zero attached hydrogens (tertiary/aromatic N) is 4. The molecule has 0 bridgehead atoms. The third-order valence-corrected chi connectivity index (χ3v) is 5.69. The largest absolute Gasteiger partial charge is 0.497 e. The van der Waals surface area contributed by atoms with Crippen LogP contribution >= 0.6 is 0 Å². The van der Waals surface area contributed by atoms with Gasteiger partial charge in [-0.15, -0.1) is 5.54 Å². The number of nitro benzene ring substituents is 1. The number of non-ortho nitro benzene ring substituents is 1. The van der Waals surface area contributed by atoms with Crippen LogP contribution in [0.1, 0.15) is 5.69 Å². The van der Waals surface area contributed by atoms with Crippen LogP contribution in [0.5, 0.6) is 5.75 Å². The van der Waals surface area contributed by atoms with E-state index in [4.69, 9.17) is 9.84 Å². The summed E-state index contributed by atoms with van der Waals surface area (Å²) in [5.41, 5.74) is 8.14.